The van der Waals surface area contributed by atoms with Crippen LogP contribution in [-0.2, 0) is 10.5 Å². The van der Waals surface area contributed by atoms with Gasteiger partial charge in [-0.1, -0.05) is 15.9 Å². The molecule has 2 rings (SSSR count). The number of nitrogens with zero attached hydrogens (tertiary/aromatic N) is 1. The number of carbonyl (C=O) groups is 1. The summed E-state index contributed by atoms with van der Waals surface area (Å²) >= 11 is 6.04. The van der Waals surface area contributed by atoms with E-state index in [1.54, 1.807) is 18.7 Å². The molecule has 0 atom stereocenters. The van der Waals surface area contributed by atoms with Crippen molar-refractivity contribution in [2.24, 2.45) is 0 Å². The highest BCUT2D eigenvalue weighted by atomic mass is 79.9. The second-order valence-electron chi connectivity index (χ2n) is 4.22. The Morgan fingerprint density at radius 1 is 1.45 bits per heavy atom. The molecule has 22 heavy (non-hydrogen) atoms. The zero-order chi connectivity index (χ0) is 16.1. The van der Waals surface area contributed by atoms with E-state index in [9.17, 15) is 10.1 Å². The predicted octanol–water partition coefficient (Wildman–Crippen LogP) is 4.43. The second kappa shape index (κ2) is 7.68. The third-order valence-corrected chi connectivity index (χ3v) is 5.41. The minimum Gasteiger partial charge on any atom is -0.462 e. The molecule has 2 aromatic rings. The number of esters is 1. The van der Waals surface area contributed by atoms with Crippen molar-refractivity contribution >= 4 is 50.0 Å². The molecule has 114 valence electrons. The van der Waals surface area contributed by atoms with Crippen LogP contribution in [0.2, 0.25) is 0 Å². The number of benzene rings is 1. The van der Waals surface area contributed by atoms with Gasteiger partial charge in [-0.25, -0.2) is 4.79 Å². The quantitative estimate of drug-likeness (QED) is 0.597. The van der Waals surface area contributed by atoms with Crippen LogP contribution < -0.4 is 5.73 Å². The SMILES string of the molecule is CCOC(=O)c1sc(N)c(C#N)c1CSc1ccc(Br)cc1. The molecule has 7 heteroatoms. The topological polar surface area (TPSA) is 76.1 Å². The van der Waals surface area contributed by atoms with Gasteiger partial charge in [0.05, 0.1) is 12.2 Å². The summed E-state index contributed by atoms with van der Waals surface area (Å²) < 4.78 is 6.04. The monoisotopic (exact) mass is 396 g/mol. The molecular weight excluding hydrogens is 384 g/mol. The van der Waals surface area contributed by atoms with Crippen molar-refractivity contribution in [3.63, 3.8) is 0 Å². The number of ether oxygens (including phenoxy) is 1. The van der Waals surface area contributed by atoms with Gasteiger partial charge in [0.1, 0.15) is 15.9 Å². The number of nitriles is 1. The van der Waals surface area contributed by atoms with E-state index in [-0.39, 0.29) is 6.61 Å². The molecule has 1 aromatic carbocycles. The molecular formula is C15H13BrN2O2S2. The molecule has 0 aliphatic rings. The van der Waals surface area contributed by atoms with Crippen molar-refractivity contribution < 1.29 is 9.53 Å². The largest absolute Gasteiger partial charge is 0.462 e. The van der Waals surface area contributed by atoms with E-state index in [2.05, 4.69) is 22.0 Å². The molecule has 0 saturated heterocycles. The van der Waals surface area contributed by atoms with E-state index in [1.807, 2.05) is 24.3 Å². The lowest BCUT2D eigenvalue weighted by Crippen LogP contribution is -2.05. The maximum absolute atomic E-state index is 12.0. The van der Waals surface area contributed by atoms with Crippen molar-refractivity contribution in [2.75, 3.05) is 12.3 Å². The van der Waals surface area contributed by atoms with E-state index in [4.69, 9.17) is 10.5 Å². The number of thioether (sulfide) groups is 1. The van der Waals surface area contributed by atoms with Gasteiger partial charge < -0.3 is 10.5 Å². The Balaban J connectivity index is 2.26. The van der Waals surface area contributed by atoms with E-state index in [0.717, 1.165) is 20.7 Å². The van der Waals surface area contributed by atoms with Crippen molar-refractivity contribution in [3.8, 4) is 6.07 Å². The van der Waals surface area contributed by atoms with Gasteiger partial charge in [-0.2, -0.15) is 5.26 Å². The van der Waals surface area contributed by atoms with Gasteiger partial charge in [-0.15, -0.1) is 23.1 Å². The summed E-state index contributed by atoms with van der Waals surface area (Å²) in [6, 6.07) is 9.92. The standard InChI is InChI=1S/C15H13BrN2O2S2/c1-2-20-15(19)13-12(11(7-17)14(18)22-13)8-21-10-5-3-9(16)4-6-10/h3-6H,2,8,18H2,1H3. The molecule has 0 bridgehead atoms. The van der Waals surface area contributed by atoms with E-state index >= 15 is 0 Å². The lowest BCUT2D eigenvalue weighted by molar-refractivity contribution is 0.0531. The molecule has 1 heterocycles. The Hall–Kier alpha value is -1.49. The molecule has 2 N–H and O–H groups in total. The zero-order valence-electron chi connectivity index (χ0n) is 11.8. The fourth-order valence-corrected chi connectivity index (χ4v) is 4.01. The third-order valence-electron chi connectivity index (χ3n) is 2.80. The van der Waals surface area contributed by atoms with Gasteiger partial charge in [0, 0.05) is 20.7 Å². The maximum atomic E-state index is 12.0. The minimum absolute atomic E-state index is 0.290. The van der Waals surface area contributed by atoms with Crippen molar-refractivity contribution in [1.29, 1.82) is 5.26 Å². The average molecular weight is 397 g/mol. The number of nitrogens with two attached hydrogens (primary N) is 1. The van der Waals surface area contributed by atoms with Crippen molar-refractivity contribution in [3.05, 3.63) is 44.7 Å². The highest BCUT2D eigenvalue weighted by Gasteiger charge is 2.22. The molecule has 0 aliphatic heterocycles. The summed E-state index contributed by atoms with van der Waals surface area (Å²) in [5.41, 5.74) is 6.87. The van der Waals surface area contributed by atoms with Gasteiger partial charge in [0.25, 0.3) is 0 Å². The van der Waals surface area contributed by atoms with Gasteiger partial charge in [0.15, 0.2) is 0 Å². The van der Waals surface area contributed by atoms with Crippen LogP contribution in [0.25, 0.3) is 0 Å². The minimum atomic E-state index is -0.424. The van der Waals surface area contributed by atoms with E-state index in [1.165, 1.54) is 0 Å². The van der Waals surface area contributed by atoms with Gasteiger partial charge in [-0.3, -0.25) is 0 Å². The zero-order valence-corrected chi connectivity index (χ0v) is 15.0. The predicted molar refractivity (Wildman–Crippen MR) is 93.1 cm³/mol. The summed E-state index contributed by atoms with van der Waals surface area (Å²) in [5, 5.41) is 9.63. The second-order valence-corrected chi connectivity index (χ2v) is 7.24. The Morgan fingerprint density at radius 3 is 2.73 bits per heavy atom. The summed E-state index contributed by atoms with van der Waals surface area (Å²) in [4.78, 5) is 13.5. The van der Waals surface area contributed by atoms with E-state index in [0.29, 0.717) is 26.8 Å². The molecule has 0 radical (unpaired) electrons. The molecule has 4 nitrogen and oxygen atoms in total. The third kappa shape index (κ3) is 3.83. The first-order valence-corrected chi connectivity index (χ1v) is 9.03. The first-order chi connectivity index (χ1) is 10.6. The molecule has 0 spiro atoms. The van der Waals surface area contributed by atoms with Crippen LogP contribution >= 0.6 is 39.0 Å². The number of hydrogen-bond donors (Lipinski definition) is 1. The fraction of sp³-hybridized carbons (Fsp3) is 0.200. The van der Waals surface area contributed by atoms with Crippen LogP contribution in [0, 0.1) is 11.3 Å². The Bertz CT molecular complexity index is 720. The van der Waals surface area contributed by atoms with Crippen molar-refractivity contribution in [2.45, 2.75) is 17.6 Å². The number of anilines is 1. The van der Waals surface area contributed by atoms with Gasteiger partial charge >= 0.3 is 5.97 Å². The Labute approximate surface area is 145 Å². The summed E-state index contributed by atoms with van der Waals surface area (Å²) in [6.07, 6.45) is 0. The maximum Gasteiger partial charge on any atom is 0.348 e. The Kier molecular flexibility index (Phi) is 5.89. The first kappa shape index (κ1) is 16.9. The molecule has 0 amide bonds. The number of halogens is 1. The molecule has 1 aromatic heterocycles. The number of rotatable bonds is 5. The number of carbonyl (C=O) groups excluding carboxylic acids is 1. The highest BCUT2D eigenvalue weighted by molar-refractivity contribution is 9.10. The molecule has 0 saturated carbocycles. The van der Waals surface area contributed by atoms with Crippen LogP contribution in [0.15, 0.2) is 33.6 Å². The number of hydrogen-bond acceptors (Lipinski definition) is 6. The van der Waals surface area contributed by atoms with Crippen molar-refractivity contribution in [1.82, 2.24) is 0 Å². The number of nitrogen functional groups attached to an aromatic ring is 1. The smallest absolute Gasteiger partial charge is 0.348 e. The first-order valence-electron chi connectivity index (χ1n) is 6.43. The van der Waals surface area contributed by atoms with Crippen LogP contribution in [0.3, 0.4) is 0 Å². The van der Waals surface area contributed by atoms with Crippen LogP contribution in [0.5, 0.6) is 0 Å². The Morgan fingerprint density at radius 2 is 2.14 bits per heavy atom. The van der Waals surface area contributed by atoms with Crippen LogP contribution in [0.4, 0.5) is 5.00 Å². The normalized spacial score (nSPS) is 10.2. The molecule has 0 unspecified atom stereocenters. The highest BCUT2D eigenvalue weighted by Crippen LogP contribution is 2.35. The van der Waals surface area contributed by atoms with E-state index < -0.39 is 5.97 Å². The lowest BCUT2D eigenvalue weighted by atomic mass is 10.2. The van der Waals surface area contributed by atoms with Crippen LogP contribution in [0.1, 0.15) is 27.7 Å². The fourth-order valence-electron chi connectivity index (χ4n) is 1.79. The summed E-state index contributed by atoms with van der Waals surface area (Å²) in [6.45, 7) is 2.04. The average Bonchev–Trinajstić information content (AvgIpc) is 2.83. The lowest BCUT2D eigenvalue weighted by Gasteiger charge is -2.05. The molecule has 0 fully saturated rings. The van der Waals surface area contributed by atoms with Gasteiger partial charge in [-0.05, 0) is 31.2 Å². The van der Waals surface area contributed by atoms with Gasteiger partial charge in [0.2, 0.25) is 0 Å². The molecule has 0 aliphatic carbocycles. The van der Waals surface area contributed by atoms with Crippen LogP contribution in [-0.4, -0.2) is 12.6 Å². The summed E-state index contributed by atoms with van der Waals surface area (Å²) in [7, 11) is 0. The summed E-state index contributed by atoms with van der Waals surface area (Å²) in [5.74, 6) is 0.0685. The number of thiophene rings is 1.